The first-order valence-electron chi connectivity index (χ1n) is 8.15. The zero-order valence-electron chi connectivity index (χ0n) is 14.9. The van der Waals surface area contributed by atoms with Crippen LogP contribution in [0.3, 0.4) is 0 Å². The third kappa shape index (κ3) is 4.98. The van der Waals surface area contributed by atoms with Crippen molar-refractivity contribution < 1.29 is 26.9 Å². The zero-order chi connectivity index (χ0) is 19.9. The number of nitrogens with one attached hydrogen (secondary N) is 1. The van der Waals surface area contributed by atoms with Crippen LogP contribution in [0.4, 0.5) is 10.5 Å². The lowest BCUT2D eigenvalue weighted by molar-refractivity contribution is 0.100. The molecule has 0 saturated heterocycles. The van der Waals surface area contributed by atoms with E-state index < -0.39 is 22.3 Å². The first kappa shape index (κ1) is 20.2. The molecule has 0 aromatic heterocycles. The number of amides is 2. The summed E-state index contributed by atoms with van der Waals surface area (Å²) in [6.45, 7) is 2.04. The van der Waals surface area contributed by atoms with Gasteiger partial charge in [-0.3, -0.25) is 4.79 Å². The van der Waals surface area contributed by atoms with Crippen LogP contribution in [0.25, 0.3) is 0 Å². The number of nitrogens with zero attached hydrogens (tertiary/aromatic N) is 1. The van der Waals surface area contributed by atoms with Gasteiger partial charge in [-0.1, -0.05) is 37.3 Å². The van der Waals surface area contributed by atoms with Crippen molar-refractivity contribution in [1.82, 2.24) is 5.32 Å². The van der Waals surface area contributed by atoms with E-state index in [1.54, 1.807) is 37.3 Å². The summed E-state index contributed by atoms with van der Waals surface area (Å²) in [4.78, 5) is 24.8. The quantitative estimate of drug-likeness (QED) is 0.777. The maximum Gasteiger partial charge on any atom is 0.424 e. The number of anilines is 1. The van der Waals surface area contributed by atoms with Gasteiger partial charge in [-0.05, 0) is 30.7 Å². The highest BCUT2D eigenvalue weighted by molar-refractivity contribution is 7.89. The number of ether oxygens (including phenoxy) is 1. The number of rotatable bonds is 7. The van der Waals surface area contributed by atoms with Gasteiger partial charge in [0.1, 0.15) is 5.75 Å². The van der Waals surface area contributed by atoms with E-state index >= 15 is 0 Å². The SMILES string of the molecule is CCCNC(=O)OS(=O)(=O)N(C(=O)c1ccccc1OC)c1ccccc1. The van der Waals surface area contributed by atoms with E-state index in [9.17, 15) is 18.0 Å². The fraction of sp³-hybridized carbons (Fsp3) is 0.222. The van der Waals surface area contributed by atoms with E-state index in [0.29, 0.717) is 10.7 Å². The Balaban J connectivity index is 2.46. The predicted molar refractivity (Wildman–Crippen MR) is 99.9 cm³/mol. The molecule has 9 heteroatoms. The molecule has 8 nitrogen and oxygen atoms in total. The minimum Gasteiger partial charge on any atom is -0.496 e. The second-order valence-corrected chi connectivity index (χ2v) is 6.75. The maximum atomic E-state index is 13.0. The van der Waals surface area contributed by atoms with Gasteiger partial charge in [0.15, 0.2) is 0 Å². The molecule has 144 valence electrons. The van der Waals surface area contributed by atoms with Gasteiger partial charge in [0.2, 0.25) is 0 Å². The number of benzene rings is 2. The summed E-state index contributed by atoms with van der Waals surface area (Å²) in [5.74, 6) is -0.726. The Morgan fingerprint density at radius 2 is 1.67 bits per heavy atom. The van der Waals surface area contributed by atoms with E-state index in [1.165, 1.54) is 31.4 Å². The standard InChI is InChI=1S/C18H20N2O6S/c1-3-13-19-18(22)26-27(23,24)20(14-9-5-4-6-10-14)17(21)15-11-7-8-12-16(15)25-2/h4-12H,3,13H2,1-2H3,(H,19,22). The second-order valence-electron chi connectivity index (χ2n) is 5.36. The van der Waals surface area contributed by atoms with E-state index in [1.807, 2.05) is 0 Å². The number of hydrogen-bond acceptors (Lipinski definition) is 6. The van der Waals surface area contributed by atoms with Crippen LogP contribution >= 0.6 is 0 Å². The summed E-state index contributed by atoms with van der Waals surface area (Å²) in [7, 11) is -3.40. The fourth-order valence-corrected chi connectivity index (χ4v) is 3.24. The molecule has 0 radical (unpaired) electrons. The molecule has 0 aliphatic heterocycles. The first-order chi connectivity index (χ1) is 12.9. The summed E-state index contributed by atoms with van der Waals surface area (Å²) in [5, 5.41) is 2.29. The van der Waals surface area contributed by atoms with Crippen molar-refractivity contribution in [3.05, 3.63) is 60.2 Å². The third-order valence-electron chi connectivity index (χ3n) is 3.44. The van der Waals surface area contributed by atoms with E-state index in [4.69, 9.17) is 4.74 Å². The van der Waals surface area contributed by atoms with Crippen LogP contribution in [0, 0.1) is 0 Å². The molecule has 2 aromatic carbocycles. The van der Waals surface area contributed by atoms with Gasteiger partial charge in [0, 0.05) is 6.54 Å². The number of carbonyl (C=O) groups excluding carboxylic acids is 2. The monoisotopic (exact) mass is 392 g/mol. The Morgan fingerprint density at radius 1 is 1.04 bits per heavy atom. The number of methoxy groups -OCH3 is 1. The van der Waals surface area contributed by atoms with Crippen molar-refractivity contribution in [2.24, 2.45) is 0 Å². The van der Waals surface area contributed by atoms with E-state index in [2.05, 4.69) is 9.50 Å². The molecular formula is C18H20N2O6S. The van der Waals surface area contributed by atoms with Crippen LogP contribution in [-0.2, 0) is 14.5 Å². The van der Waals surface area contributed by atoms with Crippen LogP contribution in [0.5, 0.6) is 5.75 Å². The Labute approximate surface area is 158 Å². The van der Waals surface area contributed by atoms with Crippen molar-refractivity contribution >= 4 is 28.0 Å². The Hall–Kier alpha value is -3.07. The molecule has 0 atom stereocenters. The lowest BCUT2D eigenvalue weighted by atomic mass is 10.2. The lowest BCUT2D eigenvalue weighted by Gasteiger charge is -2.22. The molecule has 0 spiro atoms. The van der Waals surface area contributed by atoms with E-state index in [-0.39, 0.29) is 23.5 Å². The van der Waals surface area contributed by atoms with Crippen LogP contribution in [0.1, 0.15) is 23.7 Å². The molecule has 0 aliphatic rings. The molecule has 0 heterocycles. The van der Waals surface area contributed by atoms with Gasteiger partial charge in [-0.15, -0.1) is 0 Å². The topological polar surface area (TPSA) is 102 Å². The molecular weight excluding hydrogens is 372 g/mol. The molecule has 0 fully saturated rings. The molecule has 2 rings (SSSR count). The lowest BCUT2D eigenvalue weighted by Crippen LogP contribution is -2.41. The maximum absolute atomic E-state index is 13.0. The molecule has 2 amide bonds. The van der Waals surface area contributed by atoms with Gasteiger partial charge < -0.3 is 14.2 Å². The van der Waals surface area contributed by atoms with Crippen molar-refractivity contribution in [3.63, 3.8) is 0 Å². The van der Waals surface area contributed by atoms with Crippen LogP contribution in [-0.4, -0.2) is 34.1 Å². The summed E-state index contributed by atoms with van der Waals surface area (Å²) >= 11 is 0. The number of hydrogen-bond donors (Lipinski definition) is 1. The average Bonchev–Trinajstić information content (AvgIpc) is 2.66. The van der Waals surface area contributed by atoms with Crippen LogP contribution in [0.15, 0.2) is 54.6 Å². The minimum absolute atomic E-state index is 0.00462. The molecule has 0 aliphatic carbocycles. The molecule has 2 aromatic rings. The molecule has 27 heavy (non-hydrogen) atoms. The van der Waals surface area contributed by atoms with Crippen LogP contribution in [0.2, 0.25) is 0 Å². The summed E-state index contributed by atoms with van der Waals surface area (Å²) in [6, 6.07) is 13.8. The van der Waals surface area contributed by atoms with Gasteiger partial charge in [0.25, 0.3) is 5.91 Å². The second kappa shape index (κ2) is 9.04. The third-order valence-corrected chi connectivity index (χ3v) is 4.62. The van der Waals surface area contributed by atoms with Crippen molar-refractivity contribution in [1.29, 1.82) is 0 Å². The highest BCUT2D eigenvalue weighted by Crippen LogP contribution is 2.26. The molecule has 0 saturated carbocycles. The Kier molecular flexibility index (Phi) is 6.78. The normalized spacial score (nSPS) is 10.7. The van der Waals surface area contributed by atoms with E-state index in [0.717, 1.165) is 0 Å². The summed E-state index contributed by atoms with van der Waals surface area (Å²) in [5.41, 5.74) is 0.0293. The van der Waals surface area contributed by atoms with Gasteiger partial charge in [-0.2, -0.15) is 12.7 Å². The number of carbonyl (C=O) groups is 2. The molecule has 0 bridgehead atoms. The summed E-state index contributed by atoms with van der Waals surface area (Å²) < 4.78 is 35.5. The largest absolute Gasteiger partial charge is 0.496 e. The van der Waals surface area contributed by atoms with Crippen LogP contribution < -0.4 is 14.4 Å². The Morgan fingerprint density at radius 3 is 2.30 bits per heavy atom. The molecule has 1 N–H and O–H groups in total. The highest BCUT2D eigenvalue weighted by Gasteiger charge is 2.35. The van der Waals surface area contributed by atoms with Gasteiger partial charge in [0.05, 0.1) is 18.4 Å². The summed E-state index contributed by atoms with van der Waals surface area (Å²) in [6.07, 6.45) is -0.567. The van der Waals surface area contributed by atoms with Gasteiger partial charge >= 0.3 is 16.4 Å². The van der Waals surface area contributed by atoms with Crippen molar-refractivity contribution in [2.75, 3.05) is 18.0 Å². The Bertz CT molecular complexity index is 899. The van der Waals surface area contributed by atoms with Gasteiger partial charge in [-0.25, -0.2) is 4.79 Å². The smallest absolute Gasteiger partial charge is 0.424 e. The highest BCUT2D eigenvalue weighted by atomic mass is 32.2. The fourth-order valence-electron chi connectivity index (χ4n) is 2.23. The minimum atomic E-state index is -4.76. The molecule has 0 unspecified atom stereocenters. The zero-order valence-corrected chi connectivity index (χ0v) is 15.7. The van der Waals surface area contributed by atoms with Crippen molar-refractivity contribution in [3.8, 4) is 5.75 Å². The first-order valence-corrected chi connectivity index (χ1v) is 9.52. The average molecular weight is 392 g/mol. The van der Waals surface area contributed by atoms with Crippen molar-refractivity contribution in [2.45, 2.75) is 13.3 Å². The number of para-hydroxylation sites is 2. The predicted octanol–water partition coefficient (Wildman–Crippen LogP) is 2.72.